The Hall–Kier alpha value is -1.20. The molecule has 1 aromatic carbocycles. The molecule has 96 valence electrons. The topological polar surface area (TPSA) is 55.1 Å². The summed E-state index contributed by atoms with van der Waals surface area (Å²) in [7, 11) is 0. The zero-order valence-electron chi connectivity index (χ0n) is 9.59. The lowest BCUT2D eigenvalue weighted by Gasteiger charge is -2.18. The van der Waals surface area contributed by atoms with Crippen LogP contribution in [-0.4, -0.2) is 18.0 Å². The van der Waals surface area contributed by atoms with E-state index >= 15 is 0 Å². The minimum absolute atomic E-state index is 0. The Morgan fingerprint density at radius 1 is 1.35 bits per heavy atom. The summed E-state index contributed by atoms with van der Waals surface area (Å²) >= 11 is 0. The number of halogens is 3. The molecule has 0 atom stereocenters. The SMILES string of the molecule is CC(C)(N)CNC(=O)c1ccc(F)c(F)c1.Cl. The highest BCUT2D eigenvalue weighted by Crippen LogP contribution is 2.08. The lowest BCUT2D eigenvalue weighted by molar-refractivity contribution is 0.0945. The molecule has 0 saturated heterocycles. The molecule has 0 unspecified atom stereocenters. The molecule has 0 aliphatic rings. The number of nitrogens with two attached hydrogens (primary N) is 1. The minimum Gasteiger partial charge on any atom is -0.350 e. The summed E-state index contributed by atoms with van der Waals surface area (Å²) < 4.78 is 25.4. The molecule has 1 rings (SSSR count). The van der Waals surface area contributed by atoms with Gasteiger partial charge >= 0.3 is 0 Å². The van der Waals surface area contributed by atoms with Crippen molar-refractivity contribution in [3.05, 3.63) is 35.4 Å². The maximum absolute atomic E-state index is 12.8. The number of nitrogens with one attached hydrogen (secondary N) is 1. The van der Waals surface area contributed by atoms with Gasteiger partial charge < -0.3 is 11.1 Å². The lowest BCUT2D eigenvalue weighted by atomic mass is 10.1. The Labute approximate surface area is 105 Å². The second-order valence-corrected chi connectivity index (χ2v) is 4.30. The highest BCUT2D eigenvalue weighted by atomic mass is 35.5. The summed E-state index contributed by atoms with van der Waals surface area (Å²) in [6, 6.07) is 2.99. The summed E-state index contributed by atoms with van der Waals surface area (Å²) in [5.74, 6) is -2.49. The zero-order valence-corrected chi connectivity index (χ0v) is 10.4. The molecule has 0 spiro atoms. The fraction of sp³-hybridized carbons (Fsp3) is 0.364. The number of rotatable bonds is 3. The highest BCUT2D eigenvalue weighted by Gasteiger charge is 2.14. The summed E-state index contributed by atoms with van der Waals surface area (Å²) in [5, 5.41) is 2.53. The van der Waals surface area contributed by atoms with Crippen LogP contribution in [0.25, 0.3) is 0 Å². The van der Waals surface area contributed by atoms with Gasteiger partial charge in [0.25, 0.3) is 5.91 Å². The van der Waals surface area contributed by atoms with Crippen molar-refractivity contribution < 1.29 is 13.6 Å². The van der Waals surface area contributed by atoms with E-state index < -0.39 is 23.1 Å². The van der Waals surface area contributed by atoms with Gasteiger partial charge in [-0.25, -0.2) is 8.78 Å². The summed E-state index contributed by atoms with van der Waals surface area (Å²) in [6.07, 6.45) is 0. The third kappa shape index (κ3) is 5.10. The Bertz CT molecular complexity index is 405. The molecule has 0 aliphatic carbocycles. The van der Waals surface area contributed by atoms with Crippen LogP contribution in [0.1, 0.15) is 24.2 Å². The number of carbonyl (C=O) groups is 1. The predicted octanol–water partition coefficient (Wildman–Crippen LogP) is 1.85. The Morgan fingerprint density at radius 3 is 2.41 bits per heavy atom. The quantitative estimate of drug-likeness (QED) is 0.875. The first-order valence-corrected chi connectivity index (χ1v) is 4.82. The number of hydrogen-bond acceptors (Lipinski definition) is 2. The van der Waals surface area contributed by atoms with E-state index in [1.807, 2.05) is 0 Å². The van der Waals surface area contributed by atoms with E-state index in [0.717, 1.165) is 12.1 Å². The van der Waals surface area contributed by atoms with E-state index in [1.54, 1.807) is 13.8 Å². The summed E-state index contributed by atoms with van der Waals surface area (Å²) in [5.41, 5.74) is 5.19. The first kappa shape index (κ1) is 15.8. The van der Waals surface area contributed by atoms with Crippen LogP contribution >= 0.6 is 12.4 Å². The van der Waals surface area contributed by atoms with Crippen LogP contribution in [0, 0.1) is 11.6 Å². The van der Waals surface area contributed by atoms with Crippen LogP contribution in [0.4, 0.5) is 8.78 Å². The van der Waals surface area contributed by atoms with Gasteiger partial charge in [0.05, 0.1) is 0 Å². The standard InChI is InChI=1S/C11H14F2N2O.ClH/c1-11(2,14)6-15-10(16)7-3-4-8(12)9(13)5-7;/h3-5H,6,14H2,1-2H3,(H,15,16);1H. The van der Waals surface area contributed by atoms with Crippen molar-refractivity contribution in [2.45, 2.75) is 19.4 Å². The van der Waals surface area contributed by atoms with Crippen molar-refractivity contribution in [1.29, 1.82) is 0 Å². The van der Waals surface area contributed by atoms with E-state index in [0.29, 0.717) is 0 Å². The van der Waals surface area contributed by atoms with Gasteiger partial charge in [-0.2, -0.15) is 0 Å². The molecule has 3 nitrogen and oxygen atoms in total. The zero-order chi connectivity index (χ0) is 12.3. The molecule has 1 amide bonds. The van der Waals surface area contributed by atoms with Crippen molar-refractivity contribution in [3.63, 3.8) is 0 Å². The number of benzene rings is 1. The summed E-state index contributed by atoms with van der Waals surface area (Å²) in [4.78, 5) is 11.5. The third-order valence-electron chi connectivity index (χ3n) is 1.89. The van der Waals surface area contributed by atoms with Gasteiger partial charge in [0.15, 0.2) is 11.6 Å². The Balaban J connectivity index is 0.00000256. The van der Waals surface area contributed by atoms with Crippen molar-refractivity contribution in [2.75, 3.05) is 6.54 Å². The molecule has 6 heteroatoms. The normalized spacial score (nSPS) is 10.6. The van der Waals surface area contributed by atoms with Gasteiger partial charge in [0.2, 0.25) is 0 Å². The largest absolute Gasteiger partial charge is 0.350 e. The number of amides is 1. The van der Waals surface area contributed by atoms with Gasteiger partial charge in [-0.05, 0) is 32.0 Å². The van der Waals surface area contributed by atoms with Crippen LogP contribution in [-0.2, 0) is 0 Å². The molecule has 1 aromatic rings. The molecular formula is C11H15ClF2N2O. The van der Waals surface area contributed by atoms with E-state index in [-0.39, 0.29) is 24.5 Å². The molecule has 0 radical (unpaired) electrons. The average Bonchev–Trinajstić information content (AvgIpc) is 2.17. The molecule has 0 saturated carbocycles. The van der Waals surface area contributed by atoms with E-state index in [9.17, 15) is 13.6 Å². The lowest BCUT2D eigenvalue weighted by Crippen LogP contribution is -2.45. The van der Waals surface area contributed by atoms with Crippen LogP contribution in [0.3, 0.4) is 0 Å². The molecule has 0 aliphatic heterocycles. The van der Waals surface area contributed by atoms with Crippen LogP contribution in [0.2, 0.25) is 0 Å². The van der Waals surface area contributed by atoms with E-state index in [2.05, 4.69) is 5.32 Å². The molecular weight excluding hydrogens is 250 g/mol. The maximum Gasteiger partial charge on any atom is 0.251 e. The number of hydrogen-bond donors (Lipinski definition) is 2. The van der Waals surface area contributed by atoms with Gasteiger partial charge in [0, 0.05) is 17.6 Å². The monoisotopic (exact) mass is 264 g/mol. The van der Waals surface area contributed by atoms with Crippen molar-refractivity contribution in [3.8, 4) is 0 Å². The third-order valence-corrected chi connectivity index (χ3v) is 1.89. The first-order valence-electron chi connectivity index (χ1n) is 4.82. The number of carbonyl (C=O) groups excluding carboxylic acids is 1. The summed E-state index contributed by atoms with van der Waals surface area (Å²) in [6.45, 7) is 3.75. The fourth-order valence-electron chi connectivity index (χ4n) is 1.05. The van der Waals surface area contributed by atoms with E-state index in [4.69, 9.17) is 5.73 Å². The molecule has 0 aromatic heterocycles. The fourth-order valence-corrected chi connectivity index (χ4v) is 1.05. The predicted molar refractivity (Wildman–Crippen MR) is 64.2 cm³/mol. The second kappa shape index (κ2) is 5.93. The van der Waals surface area contributed by atoms with Gasteiger partial charge in [-0.1, -0.05) is 0 Å². The van der Waals surface area contributed by atoms with Crippen LogP contribution in [0.15, 0.2) is 18.2 Å². The molecule has 0 fully saturated rings. The van der Waals surface area contributed by atoms with Crippen molar-refractivity contribution >= 4 is 18.3 Å². The second-order valence-electron chi connectivity index (χ2n) is 4.30. The average molecular weight is 265 g/mol. The van der Waals surface area contributed by atoms with E-state index in [1.165, 1.54) is 6.07 Å². The minimum atomic E-state index is -1.04. The molecule has 3 N–H and O–H groups in total. The first-order chi connectivity index (χ1) is 7.29. The van der Waals surface area contributed by atoms with Gasteiger partial charge in [0.1, 0.15) is 0 Å². The maximum atomic E-state index is 12.8. The van der Waals surface area contributed by atoms with Crippen LogP contribution in [0.5, 0.6) is 0 Å². The van der Waals surface area contributed by atoms with Crippen molar-refractivity contribution in [2.24, 2.45) is 5.73 Å². The Kier molecular flexibility index (Phi) is 5.51. The Morgan fingerprint density at radius 2 is 1.94 bits per heavy atom. The van der Waals surface area contributed by atoms with Crippen LogP contribution < -0.4 is 11.1 Å². The molecule has 17 heavy (non-hydrogen) atoms. The van der Waals surface area contributed by atoms with Gasteiger partial charge in [-0.15, -0.1) is 12.4 Å². The van der Waals surface area contributed by atoms with Crippen molar-refractivity contribution in [1.82, 2.24) is 5.32 Å². The van der Waals surface area contributed by atoms with Gasteiger partial charge in [-0.3, -0.25) is 4.79 Å². The highest BCUT2D eigenvalue weighted by molar-refractivity contribution is 5.94. The molecule has 0 bridgehead atoms. The molecule has 0 heterocycles. The smallest absolute Gasteiger partial charge is 0.251 e.